The van der Waals surface area contributed by atoms with Gasteiger partial charge in [-0.1, -0.05) is 13.0 Å². The molecule has 7 heteroatoms. The van der Waals surface area contributed by atoms with Gasteiger partial charge in [0.05, 0.1) is 19.8 Å². The predicted octanol–water partition coefficient (Wildman–Crippen LogP) is 2.27. The van der Waals surface area contributed by atoms with Gasteiger partial charge in [-0.3, -0.25) is 9.59 Å². The van der Waals surface area contributed by atoms with Crippen LogP contribution in [-0.2, 0) is 9.59 Å². The van der Waals surface area contributed by atoms with Gasteiger partial charge >= 0.3 is 0 Å². The number of methoxy groups -OCH3 is 1. The molecule has 1 aliphatic rings. The molecule has 0 radical (unpaired) electrons. The molecule has 2 rings (SSSR count). The van der Waals surface area contributed by atoms with Crippen molar-refractivity contribution in [3.63, 3.8) is 0 Å². The van der Waals surface area contributed by atoms with E-state index >= 15 is 0 Å². The number of hydrazone groups is 1. The molecular formula is C18H25N3O4. The standard InChI is InChI=1S/C18H25N3O4/c1-5-10-25-15-8-6-13(11-16(15)24-4)12(2)19-18(23)14-7-9-17(22)21(3)20-14/h6,8,11-12H,5,7,9-10H2,1-4H3,(H,19,23). The molecule has 1 unspecified atom stereocenters. The highest BCUT2D eigenvalue weighted by molar-refractivity contribution is 6.39. The Morgan fingerprint density at radius 3 is 2.76 bits per heavy atom. The minimum Gasteiger partial charge on any atom is -0.493 e. The van der Waals surface area contributed by atoms with Gasteiger partial charge in [0, 0.05) is 19.9 Å². The first kappa shape index (κ1) is 18.8. The zero-order valence-electron chi connectivity index (χ0n) is 15.2. The van der Waals surface area contributed by atoms with E-state index in [4.69, 9.17) is 9.47 Å². The first-order chi connectivity index (χ1) is 12.0. The Kier molecular flexibility index (Phi) is 6.38. The number of nitrogens with zero attached hydrogens (tertiary/aromatic N) is 2. The molecule has 0 aromatic heterocycles. The third kappa shape index (κ3) is 4.71. The highest BCUT2D eigenvalue weighted by Crippen LogP contribution is 2.30. The summed E-state index contributed by atoms with van der Waals surface area (Å²) >= 11 is 0. The van der Waals surface area contributed by atoms with Gasteiger partial charge in [0.15, 0.2) is 11.5 Å². The quantitative estimate of drug-likeness (QED) is 0.820. The summed E-state index contributed by atoms with van der Waals surface area (Å²) in [5.74, 6) is 0.963. The number of amides is 2. The number of nitrogens with one attached hydrogen (secondary N) is 1. The molecule has 1 N–H and O–H groups in total. The predicted molar refractivity (Wildman–Crippen MR) is 94.8 cm³/mol. The maximum Gasteiger partial charge on any atom is 0.267 e. The fraction of sp³-hybridized carbons (Fsp3) is 0.500. The SMILES string of the molecule is CCCOc1ccc(C(C)NC(=O)C2=NN(C)C(=O)CC2)cc1OC. The van der Waals surface area contributed by atoms with Crippen LogP contribution < -0.4 is 14.8 Å². The summed E-state index contributed by atoms with van der Waals surface area (Å²) < 4.78 is 11.0. The van der Waals surface area contributed by atoms with E-state index in [1.54, 1.807) is 14.2 Å². The highest BCUT2D eigenvalue weighted by Gasteiger charge is 2.23. The van der Waals surface area contributed by atoms with Crippen LogP contribution in [0.4, 0.5) is 0 Å². The Balaban J connectivity index is 2.07. The Bertz CT molecular complexity index is 672. The minimum atomic E-state index is -0.267. The normalized spacial score (nSPS) is 15.4. The van der Waals surface area contributed by atoms with Crippen LogP contribution in [-0.4, -0.2) is 43.3 Å². The minimum absolute atomic E-state index is 0.0861. The molecule has 136 valence electrons. The number of benzene rings is 1. The Hall–Kier alpha value is -2.57. The van der Waals surface area contributed by atoms with E-state index in [0.29, 0.717) is 36.7 Å². The maximum atomic E-state index is 12.4. The maximum absolute atomic E-state index is 12.4. The van der Waals surface area contributed by atoms with Crippen molar-refractivity contribution in [2.45, 2.75) is 39.2 Å². The Labute approximate surface area is 148 Å². The molecule has 1 aromatic rings. The molecule has 0 aliphatic carbocycles. The largest absolute Gasteiger partial charge is 0.493 e. The van der Waals surface area contributed by atoms with Gasteiger partial charge in [-0.05, 0) is 31.0 Å². The van der Waals surface area contributed by atoms with E-state index < -0.39 is 0 Å². The zero-order valence-corrected chi connectivity index (χ0v) is 15.2. The molecule has 1 aliphatic heterocycles. The van der Waals surface area contributed by atoms with Crippen LogP contribution in [0.3, 0.4) is 0 Å². The Morgan fingerprint density at radius 2 is 2.12 bits per heavy atom. The average molecular weight is 347 g/mol. The van der Waals surface area contributed by atoms with Gasteiger partial charge in [-0.2, -0.15) is 5.10 Å². The molecule has 1 aromatic carbocycles. The summed E-state index contributed by atoms with van der Waals surface area (Å²) in [7, 11) is 3.14. The van der Waals surface area contributed by atoms with Gasteiger partial charge < -0.3 is 14.8 Å². The van der Waals surface area contributed by atoms with Crippen LogP contribution in [0.5, 0.6) is 11.5 Å². The molecule has 0 saturated carbocycles. The summed E-state index contributed by atoms with van der Waals surface area (Å²) in [6, 6.07) is 5.37. The third-order valence-corrected chi connectivity index (χ3v) is 3.97. The monoisotopic (exact) mass is 347 g/mol. The van der Waals surface area contributed by atoms with Crippen molar-refractivity contribution in [2.75, 3.05) is 20.8 Å². The van der Waals surface area contributed by atoms with Gasteiger partial charge in [-0.25, -0.2) is 5.01 Å². The van der Waals surface area contributed by atoms with E-state index in [0.717, 1.165) is 12.0 Å². The Morgan fingerprint density at radius 1 is 1.36 bits per heavy atom. The van der Waals surface area contributed by atoms with Crippen molar-refractivity contribution in [3.8, 4) is 11.5 Å². The number of carbonyl (C=O) groups excluding carboxylic acids is 2. The van der Waals surface area contributed by atoms with Crippen LogP contribution in [0.15, 0.2) is 23.3 Å². The lowest BCUT2D eigenvalue weighted by Gasteiger charge is -2.21. The molecule has 0 fully saturated rings. The summed E-state index contributed by atoms with van der Waals surface area (Å²) in [4.78, 5) is 23.8. The molecule has 25 heavy (non-hydrogen) atoms. The van der Waals surface area contributed by atoms with Gasteiger partial charge in [0.25, 0.3) is 5.91 Å². The van der Waals surface area contributed by atoms with Crippen molar-refractivity contribution in [2.24, 2.45) is 5.10 Å². The van der Waals surface area contributed by atoms with Crippen molar-refractivity contribution >= 4 is 17.5 Å². The molecule has 7 nitrogen and oxygen atoms in total. The van der Waals surface area contributed by atoms with Crippen molar-refractivity contribution in [1.29, 1.82) is 0 Å². The fourth-order valence-corrected chi connectivity index (χ4v) is 2.48. The third-order valence-electron chi connectivity index (χ3n) is 3.97. The lowest BCUT2D eigenvalue weighted by molar-refractivity contribution is -0.130. The first-order valence-corrected chi connectivity index (χ1v) is 8.41. The molecule has 0 bridgehead atoms. The average Bonchev–Trinajstić information content (AvgIpc) is 2.61. The second-order valence-electron chi connectivity index (χ2n) is 5.92. The highest BCUT2D eigenvalue weighted by atomic mass is 16.5. The second-order valence-corrected chi connectivity index (χ2v) is 5.92. The van der Waals surface area contributed by atoms with Gasteiger partial charge in [-0.15, -0.1) is 0 Å². The molecule has 2 amide bonds. The van der Waals surface area contributed by atoms with Gasteiger partial charge in [0.1, 0.15) is 5.71 Å². The van der Waals surface area contributed by atoms with E-state index in [-0.39, 0.29) is 17.9 Å². The van der Waals surface area contributed by atoms with E-state index in [1.165, 1.54) is 5.01 Å². The van der Waals surface area contributed by atoms with Crippen LogP contribution in [0, 0.1) is 0 Å². The van der Waals surface area contributed by atoms with E-state index in [1.807, 2.05) is 32.0 Å². The summed E-state index contributed by atoms with van der Waals surface area (Å²) in [6.07, 6.45) is 1.57. The topological polar surface area (TPSA) is 80.2 Å². The van der Waals surface area contributed by atoms with Gasteiger partial charge in [0.2, 0.25) is 5.91 Å². The lowest BCUT2D eigenvalue weighted by Crippen LogP contribution is -2.38. The zero-order chi connectivity index (χ0) is 18.4. The fourth-order valence-electron chi connectivity index (χ4n) is 2.48. The smallest absolute Gasteiger partial charge is 0.267 e. The summed E-state index contributed by atoms with van der Waals surface area (Å²) in [5, 5.41) is 8.16. The lowest BCUT2D eigenvalue weighted by atomic mass is 10.1. The molecule has 0 saturated heterocycles. The number of ether oxygens (including phenoxy) is 2. The molecule has 0 spiro atoms. The van der Waals surface area contributed by atoms with Crippen molar-refractivity contribution in [1.82, 2.24) is 10.3 Å². The number of hydrogen-bond acceptors (Lipinski definition) is 5. The number of rotatable bonds is 7. The number of carbonyl (C=O) groups is 2. The van der Waals surface area contributed by atoms with Crippen LogP contribution in [0.2, 0.25) is 0 Å². The molecule has 1 heterocycles. The van der Waals surface area contributed by atoms with Crippen molar-refractivity contribution < 1.29 is 19.1 Å². The van der Waals surface area contributed by atoms with Crippen molar-refractivity contribution in [3.05, 3.63) is 23.8 Å². The summed E-state index contributed by atoms with van der Waals surface area (Å²) in [6.45, 7) is 4.54. The van der Waals surface area contributed by atoms with Crippen LogP contribution in [0.1, 0.15) is 44.7 Å². The van der Waals surface area contributed by atoms with E-state index in [9.17, 15) is 9.59 Å². The van der Waals surface area contributed by atoms with E-state index in [2.05, 4.69) is 10.4 Å². The van der Waals surface area contributed by atoms with Crippen LogP contribution in [0.25, 0.3) is 0 Å². The molecular weight excluding hydrogens is 322 g/mol. The first-order valence-electron chi connectivity index (χ1n) is 8.41. The second kappa shape index (κ2) is 8.50. The summed E-state index contributed by atoms with van der Waals surface area (Å²) in [5.41, 5.74) is 1.26. The van der Waals surface area contributed by atoms with Crippen LogP contribution >= 0.6 is 0 Å². The number of hydrogen-bond donors (Lipinski definition) is 1. The molecule has 1 atom stereocenters.